The predicted octanol–water partition coefficient (Wildman–Crippen LogP) is 5.17. The van der Waals surface area contributed by atoms with Crippen LogP contribution >= 0.6 is 11.6 Å². The zero-order valence-electron chi connectivity index (χ0n) is 15.7. The zero-order valence-corrected chi connectivity index (χ0v) is 16.5. The Morgan fingerprint density at radius 2 is 1.76 bits per heavy atom. The molecule has 3 aromatic rings. The van der Waals surface area contributed by atoms with Crippen LogP contribution in [0, 0.1) is 5.82 Å². The highest BCUT2D eigenvalue weighted by molar-refractivity contribution is 6.30. The van der Waals surface area contributed by atoms with Crippen LogP contribution in [0.3, 0.4) is 0 Å². The van der Waals surface area contributed by atoms with E-state index in [2.05, 4.69) is 10.6 Å². The molecular weight excluding hydrogens is 391 g/mol. The van der Waals surface area contributed by atoms with Crippen molar-refractivity contribution in [1.29, 1.82) is 0 Å². The molecule has 2 unspecified atom stereocenters. The largest absolute Gasteiger partial charge is 0.508 e. The van der Waals surface area contributed by atoms with E-state index in [4.69, 9.17) is 16.3 Å². The molecular formula is C23H20ClFN2O2. The minimum atomic E-state index is -0.498. The highest BCUT2D eigenvalue weighted by Gasteiger charge is 2.27. The van der Waals surface area contributed by atoms with Gasteiger partial charge in [-0.15, -0.1) is 0 Å². The summed E-state index contributed by atoms with van der Waals surface area (Å²) in [5.74, 6) is 0.548. The minimum Gasteiger partial charge on any atom is -0.508 e. The summed E-state index contributed by atoms with van der Waals surface area (Å²) in [6.07, 6.45) is 1.45. The average molecular weight is 411 g/mol. The van der Waals surface area contributed by atoms with Gasteiger partial charge in [-0.2, -0.15) is 0 Å². The molecule has 0 saturated heterocycles. The molecule has 0 bridgehead atoms. The minimum absolute atomic E-state index is 0.117. The molecule has 6 heteroatoms. The van der Waals surface area contributed by atoms with Crippen molar-refractivity contribution >= 4 is 17.3 Å². The molecule has 0 radical (unpaired) electrons. The van der Waals surface area contributed by atoms with E-state index in [9.17, 15) is 9.50 Å². The quantitative estimate of drug-likeness (QED) is 0.555. The van der Waals surface area contributed by atoms with Crippen LogP contribution in [0.15, 0.2) is 72.8 Å². The second-order valence-electron chi connectivity index (χ2n) is 6.76. The summed E-state index contributed by atoms with van der Waals surface area (Å²) in [5.41, 5.74) is 2.83. The maximum Gasteiger partial charge on any atom is 0.129 e. The molecule has 0 aromatic heterocycles. The van der Waals surface area contributed by atoms with Gasteiger partial charge in [0.1, 0.15) is 23.5 Å². The van der Waals surface area contributed by atoms with Crippen LogP contribution in [0.4, 0.5) is 4.39 Å². The summed E-state index contributed by atoms with van der Waals surface area (Å²) in [5, 5.41) is 17.6. The Labute approximate surface area is 173 Å². The van der Waals surface area contributed by atoms with Gasteiger partial charge in [-0.05, 0) is 60.2 Å². The molecule has 0 fully saturated rings. The van der Waals surface area contributed by atoms with Gasteiger partial charge in [-0.3, -0.25) is 5.32 Å². The Balaban J connectivity index is 1.78. The van der Waals surface area contributed by atoms with E-state index in [1.165, 1.54) is 6.07 Å². The van der Waals surface area contributed by atoms with Crippen LogP contribution in [-0.4, -0.2) is 12.2 Å². The predicted molar refractivity (Wildman–Crippen MR) is 112 cm³/mol. The highest BCUT2D eigenvalue weighted by atomic mass is 35.5. The summed E-state index contributed by atoms with van der Waals surface area (Å²) in [6, 6.07) is 18.7. The van der Waals surface area contributed by atoms with E-state index in [0.717, 1.165) is 17.0 Å². The number of halogens is 2. The summed E-state index contributed by atoms with van der Waals surface area (Å²) in [4.78, 5) is 0. The molecule has 4 rings (SSSR count). The molecule has 3 aromatic carbocycles. The molecule has 0 aliphatic carbocycles. The third-order valence-corrected chi connectivity index (χ3v) is 5.16. The van der Waals surface area contributed by atoms with Gasteiger partial charge in [0.15, 0.2) is 0 Å². The summed E-state index contributed by atoms with van der Waals surface area (Å²) in [7, 11) is 1.61. The highest BCUT2D eigenvalue weighted by Crippen LogP contribution is 2.35. The molecule has 3 N–H and O–H groups in total. The standard InChI is InChI=1S/C23H20ClFN2O2/c1-29-16-9-6-14(7-10-16)20-13-21(18-12-15(24)8-11-22(18)28)27-23(26-20)17-4-2-3-5-19(17)25/h2-13,21,23,26-28H,1H3. The molecule has 148 valence electrons. The van der Waals surface area contributed by atoms with Crippen molar-refractivity contribution in [2.75, 3.05) is 7.11 Å². The molecule has 4 nitrogen and oxygen atoms in total. The molecule has 1 aliphatic heterocycles. The Kier molecular flexibility index (Phi) is 5.43. The fourth-order valence-corrected chi connectivity index (χ4v) is 3.60. The second-order valence-corrected chi connectivity index (χ2v) is 7.19. The van der Waals surface area contributed by atoms with Crippen molar-refractivity contribution in [3.63, 3.8) is 0 Å². The number of rotatable bonds is 4. The molecule has 0 saturated carbocycles. The van der Waals surface area contributed by atoms with Crippen LogP contribution in [0.25, 0.3) is 5.70 Å². The third kappa shape index (κ3) is 4.06. The Hall–Kier alpha value is -3.02. The molecule has 1 heterocycles. The maximum atomic E-state index is 14.5. The van der Waals surface area contributed by atoms with Gasteiger partial charge in [-0.1, -0.05) is 29.8 Å². The lowest BCUT2D eigenvalue weighted by Gasteiger charge is -2.33. The molecule has 29 heavy (non-hydrogen) atoms. The number of hydrogen-bond acceptors (Lipinski definition) is 4. The number of aromatic hydroxyl groups is 1. The first kappa shape index (κ1) is 19.3. The van der Waals surface area contributed by atoms with Crippen LogP contribution in [-0.2, 0) is 0 Å². The van der Waals surface area contributed by atoms with Gasteiger partial charge in [0.05, 0.1) is 13.2 Å². The molecule has 2 atom stereocenters. The lowest BCUT2D eigenvalue weighted by Crippen LogP contribution is -2.40. The number of phenols is 1. The Bertz CT molecular complexity index is 1050. The van der Waals surface area contributed by atoms with E-state index in [1.54, 1.807) is 43.5 Å². The van der Waals surface area contributed by atoms with Crippen molar-refractivity contribution < 1.29 is 14.2 Å². The summed E-state index contributed by atoms with van der Waals surface area (Å²) >= 11 is 6.15. The number of phenolic OH excluding ortho intramolecular Hbond substituents is 1. The molecule has 0 amide bonds. The number of benzene rings is 3. The maximum absolute atomic E-state index is 14.5. The first-order valence-electron chi connectivity index (χ1n) is 9.17. The third-order valence-electron chi connectivity index (χ3n) is 4.92. The van der Waals surface area contributed by atoms with E-state index in [-0.39, 0.29) is 17.6 Å². The van der Waals surface area contributed by atoms with Gasteiger partial charge in [-0.25, -0.2) is 4.39 Å². The lowest BCUT2D eigenvalue weighted by molar-refractivity contribution is 0.408. The second kappa shape index (κ2) is 8.15. The average Bonchev–Trinajstić information content (AvgIpc) is 2.75. The van der Waals surface area contributed by atoms with E-state index < -0.39 is 6.17 Å². The van der Waals surface area contributed by atoms with Gasteiger partial charge >= 0.3 is 0 Å². The van der Waals surface area contributed by atoms with Gasteiger partial charge in [0, 0.05) is 21.8 Å². The van der Waals surface area contributed by atoms with Gasteiger partial charge in [0.25, 0.3) is 0 Å². The van der Waals surface area contributed by atoms with Crippen LogP contribution < -0.4 is 15.4 Å². The number of nitrogens with one attached hydrogen (secondary N) is 2. The number of hydrogen-bond donors (Lipinski definition) is 3. The number of methoxy groups -OCH3 is 1. The fourth-order valence-electron chi connectivity index (χ4n) is 3.42. The van der Waals surface area contributed by atoms with Gasteiger partial charge in [0.2, 0.25) is 0 Å². The van der Waals surface area contributed by atoms with E-state index in [0.29, 0.717) is 16.1 Å². The smallest absolute Gasteiger partial charge is 0.129 e. The van der Waals surface area contributed by atoms with E-state index >= 15 is 0 Å². The van der Waals surface area contributed by atoms with E-state index in [1.807, 2.05) is 30.3 Å². The SMILES string of the molecule is COc1ccc(C2=CC(c3cc(Cl)ccc3O)NC(c3ccccc3F)N2)cc1. The molecule has 0 spiro atoms. The summed E-state index contributed by atoms with van der Waals surface area (Å²) in [6.45, 7) is 0. The van der Waals surface area contributed by atoms with Crippen molar-refractivity contribution in [2.24, 2.45) is 0 Å². The topological polar surface area (TPSA) is 53.5 Å². The monoisotopic (exact) mass is 410 g/mol. The van der Waals surface area contributed by atoms with Crippen molar-refractivity contribution in [3.05, 3.63) is 100 Å². The first-order valence-corrected chi connectivity index (χ1v) is 9.54. The normalized spacial score (nSPS) is 18.7. The first-order chi connectivity index (χ1) is 14.0. The summed E-state index contributed by atoms with van der Waals surface area (Å²) < 4.78 is 19.7. The zero-order chi connectivity index (χ0) is 20.4. The van der Waals surface area contributed by atoms with Crippen LogP contribution in [0.2, 0.25) is 5.02 Å². The fraction of sp³-hybridized carbons (Fsp3) is 0.130. The van der Waals surface area contributed by atoms with Crippen molar-refractivity contribution in [2.45, 2.75) is 12.2 Å². The number of ether oxygens (including phenoxy) is 1. The lowest BCUT2D eigenvalue weighted by atomic mass is 9.97. The Morgan fingerprint density at radius 1 is 1.00 bits per heavy atom. The van der Waals surface area contributed by atoms with Crippen molar-refractivity contribution in [3.8, 4) is 11.5 Å². The van der Waals surface area contributed by atoms with Crippen LogP contribution in [0.5, 0.6) is 11.5 Å². The van der Waals surface area contributed by atoms with Crippen molar-refractivity contribution in [1.82, 2.24) is 10.6 Å². The van der Waals surface area contributed by atoms with Gasteiger partial charge < -0.3 is 15.2 Å². The molecule has 1 aliphatic rings. The Morgan fingerprint density at radius 3 is 2.48 bits per heavy atom. The van der Waals surface area contributed by atoms with Crippen LogP contribution in [0.1, 0.15) is 28.9 Å².